The van der Waals surface area contributed by atoms with E-state index in [0.29, 0.717) is 18.9 Å². The van der Waals surface area contributed by atoms with Crippen molar-refractivity contribution in [3.63, 3.8) is 0 Å². The van der Waals surface area contributed by atoms with Crippen molar-refractivity contribution in [3.05, 3.63) is 0 Å². The summed E-state index contributed by atoms with van der Waals surface area (Å²) >= 11 is 0. The minimum atomic E-state index is -0.760. The van der Waals surface area contributed by atoms with Crippen molar-refractivity contribution in [1.82, 2.24) is 10.6 Å². The van der Waals surface area contributed by atoms with Gasteiger partial charge in [-0.25, -0.2) is 4.79 Å². The Morgan fingerprint density at radius 3 is 2.53 bits per heavy atom. The summed E-state index contributed by atoms with van der Waals surface area (Å²) in [6.45, 7) is 4.63. The first kappa shape index (κ1) is 13.8. The maximum atomic E-state index is 11.4. The van der Waals surface area contributed by atoms with Crippen molar-refractivity contribution >= 4 is 12.0 Å². The number of carboxylic acid groups (broad SMARTS) is 1. The number of aliphatic carboxylic acids is 1. The van der Waals surface area contributed by atoms with Crippen LogP contribution in [0.3, 0.4) is 0 Å². The zero-order valence-corrected chi connectivity index (χ0v) is 10.6. The van der Waals surface area contributed by atoms with Crippen molar-refractivity contribution in [3.8, 4) is 0 Å². The summed E-state index contributed by atoms with van der Waals surface area (Å²) in [5.41, 5.74) is 0.0129. The van der Waals surface area contributed by atoms with Gasteiger partial charge in [-0.1, -0.05) is 6.92 Å². The van der Waals surface area contributed by atoms with E-state index in [4.69, 9.17) is 5.11 Å². The number of nitrogens with one attached hydrogen (secondary N) is 2. The van der Waals surface area contributed by atoms with Gasteiger partial charge in [-0.2, -0.15) is 0 Å². The maximum absolute atomic E-state index is 11.4. The van der Waals surface area contributed by atoms with Gasteiger partial charge in [0.2, 0.25) is 0 Å². The molecule has 0 aliphatic heterocycles. The SMILES string of the molecule is CC(CCNC(=O)NC1(C)CC1)CCC(=O)O. The molecule has 1 aliphatic rings. The van der Waals surface area contributed by atoms with Crippen LogP contribution in [-0.4, -0.2) is 29.2 Å². The molecule has 1 aliphatic carbocycles. The van der Waals surface area contributed by atoms with Gasteiger partial charge in [0.1, 0.15) is 0 Å². The van der Waals surface area contributed by atoms with E-state index in [2.05, 4.69) is 10.6 Å². The molecule has 0 bridgehead atoms. The van der Waals surface area contributed by atoms with Gasteiger partial charge in [0, 0.05) is 18.5 Å². The van der Waals surface area contributed by atoms with Gasteiger partial charge < -0.3 is 15.7 Å². The molecule has 0 spiro atoms. The molecule has 0 radical (unpaired) electrons. The van der Waals surface area contributed by atoms with Crippen LogP contribution < -0.4 is 10.6 Å². The molecule has 98 valence electrons. The summed E-state index contributed by atoms with van der Waals surface area (Å²) in [5, 5.41) is 14.2. The summed E-state index contributed by atoms with van der Waals surface area (Å²) in [6.07, 6.45) is 3.78. The Morgan fingerprint density at radius 2 is 2.00 bits per heavy atom. The van der Waals surface area contributed by atoms with Crippen molar-refractivity contribution in [1.29, 1.82) is 0 Å². The summed E-state index contributed by atoms with van der Waals surface area (Å²) in [5.74, 6) is -0.438. The number of carbonyl (C=O) groups excluding carboxylic acids is 1. The number of amides is 2. The second-order valence-electron chi connectivity index (χ2n) is 5.27. The molecular weight excluding hydrogens is 220 g/mol. The van der Waals surface area contributed by atoms with Crippen molar-refractivity contribution in [2.75, 3.05) is 6.54 Å². The second kappa shape index (κ2) is 5.89. The fourth-order valence-electron chi connectivity index (χ4n) is 1.58. The average Bonchev–Trinajstić information content (AvgIpc) is 2.92. The molecule has 1 unspecified atom stereocenters. The van der Waals surface area contributed by atoms with E-state index in [9.17, 15) is 9.59 Å². The Labute approximate surface area is 102 Å². The monoisotopic (exact) mass is 242 g/mol. The summed E-state index contributed by atoms with van der Waals surface area (Å²) in [7, 11) is 0. The largest absolute Gasteiger partial charge is 0.481 e. The van der Waals surface area contributed by atoms with Crippen molar-refractivity contribution in [2.45, 2.75) is 51.5 Å². The third-order valence-corrected chi connectivity index (χ3v) is 3.19. The van der Waals surface area contributed by atoms with Gasteiger partial charge in [0.25, 0.3) is 0 Å². The molecule has 0 aromatic rings. The minimum absolute atomic E-state index is 0.0129. The van der Waals surface area contributed by atoms with E-state index >= 15 is 0 Å². The van der Waals surface area contributed by atoms with Crippen LogP contribution in [0, 0.1) is 5.92 Å². The summed E-state index contributed by atoms with van der Waals surface area (Å²) in [6, 6.07) is -0.115. The third-order valence-electron chi connectivity index (χ3n) is 3.19. The lowest BCUT2D eigenvalue weighted by molar-refractivity contribution is -0.137. The van der Waals surface area contributed by atoms with Crippen LogP contribution in [0.25, 0.3) is 0 Å². The number of hydrogen-bond donors (Lipinski definition) is 3. The van der Waals surface area contributed by atoms with Crippen LogP contribution >= 0.6 is 0 Å². The van der Waals surface area contributed by atoms with E-state index < -0.39 is 5.97 Å². The van der Waals surface area contributed by atoms with E-state index in [0.717, 1.165) is 19.3 Å². The highest BCUT2D eigenvalue weighted by Gasteiger charge is 2.38. The maximum Gasteiger partial charge on any atom is 0.315 e. The molecule has 1 rings (SSSR count). The predicted molar refractivity (Wildman–Crippen MR) is 64.8 cm³/mol. The first-order valence-corrected chi connectivity index (χ1v) is 6.19. The Kier molecular flexibility index (Phi) is 4.78. The number of carbonyl (C=O) groups is 2. The van der Waals surface area contributed by atoms with Crippen LogP contribution in [0.4, 0.5) is 4.79 Å². The lowest BCUT2D eigenvalue weighted by Crippen LogP contribution is -2.42. The zero-order valence-electron chi connectivity index (χ0n) is 10.6. The van der Waals surface area contributed by atoms with Crippen LogP contribution in [0.15, 0.2) is 0 Å². The van der Waals surface area contributed by atoms with Crippen LogP contribution in [0.2, 0.25) is 0 Å². The van der Waals surface area contributed by atoms with Gasteiger partial charge >= 0.3 is 12.0 Å². The Morgan fingerprint density at radius 1 is 1.35 bits per heavy atom. The molecule has 5 heteroatoms. The fraction of sp³-hybridized carbons (Fsp3) is 0.833. The van der Waals surface area contributed by atoms with E-state index in [1.807, 2.05) is 13.8 Å². The minimum Gasteiger partial charge on any atom is -0.481 e. The Bertz CT molecular complexity index is 287. The van der Waals surface area contributed by atoms with Crippen LogP contribution in [0.5, 0.6) is 0 Å². The molecule has 17 heavy (non-hydrogen) atoms. The van der Waals surface area contributed by atoms with Gasteiger partial charge in [0.05, 0.1) is 0 Å². The fourth-order valence-corrected chi connectivity index (χ4v) is 1.58. The molecule has 1 fully saturated rings. The smallest absolute Gasteiger partial charge is 0.315 e. The van der Waals surface area contributed by atoms with E-state index in [1.54, 1.807) is 0 Å². The summed E-state index contributed by atoms with van der Waals surface area (Å²) < 4.78 is 0. The van der Waals surface area contributed by atoms with Crippen molar-refractivity contribution in [2.24, 2.45) is 5.92 Å². The molecule has 0 aromatic heterocycles. The first-order chi connectivity index (χ1) is 7.91. The molecule has 1 atom stereocenters. The van der Waals surface area contributed by atoms with Gasteiger partial charge in [-0.3, -0.25) is 4.79 Å². The third kappa shape index (κ3) is 6.14. The molecule has 2 amide bonds. The highest BCUT2D eigenvalue weighted by Crippen LogP contribution is 2.33. The van der Waals surface area contributed by atoms with Crippen molar-refractivity contribution < 1.29 is 14.7 Å². The van der Waals surface area contributed by atoms with E-state index in [1.165, 1.54) is 0 Å². The molecule has 5 nitrogen and oxygen atoms in total. The molecule has 3 N–H and O–H groups in total. The quantitative estimate of drug-likeness (QED) is 0.636. The van der Waals surface area contributed by atoms with Crippen LogP contribution in [0.1, 0.15) is 46.0 Å². The molecule has 1 saturated carbocycles. The van der Waals surface area contributed by atoms with E-state index in [-0.39, 0.29) is 18.0 Å². The Balaban J connectivity index is 2.02. The van der Waals surface area contributed by atoms with Gasteiger partial charge in [-0.15, -0.1) is 0 Å². The second-order valence-corrected chi connectivity index (χ2v) is 5.27. The standard InChI is InChI=1S/C12H22N2O3/c1-9(3-4-10(15)16)5-8-13-11(17)14-12(2)6-7-12/h9H,3-8H2,1-2H3,(H,15,16)(H2,13,14,17). The summed E-state index contributed by atoms with van der Waals surface area (Å²) in [4.78, 5) is 21.8. The van der Waals surface area contributed by atoms with Gasteiger partial charge in [0.15, 0.2) is 0 Å². The Hall–Kier alpha value is -1.26. The normalized spacial score (nSPS) is 18.2. The average molecular weight is 242 g/mol. The van der Waals surface area contributed by atoms with Crippen LogP contribution in [-0.2, 0) is 4.79 Å². The number of carboxylic acids is 1. The molecule has 0 saturated heterocycles. The lowest BCUT2D eigenvalue weighted by Gasteiger charge is -2.14. The molecular formula is C12H22N2O3. The molecule has 0 aromatic carbocycles. The number of urea groups is 1. The highest BCUT2D eigenvalue weighted by atomic mass is 16.4. The first-order valence-electron chi connectivity index (χ1n) is 6.19. The lowest BCUT2D eigenvalue weighted by atomic mass is 10.0. The highest BCUT2D eigenvalue weighted by molar-refractivity contribution is 5.75. The zero-order chi connectivity index (χ0) is 12.9. The number of rotatable bonds is 7. The molecule has 0 heterocycles. The predicted octanol–water partition coefficient (Wildman–Crippen LogP) is 1.73. The number of hydrogen-bond acceptors (Lipinski definition) is 2. The van der Waals surface area contributed by atoms with Gasteiger partial charge in [-0.05, 0) is 38.5 Å². The topological polar surface area (TPSA) is 78.4 Å².